The van der Waals surface area contributed by atoms with E-state index in [0.717, 1.165) is 5.56 Å². The van der Waals surface area contributed by atoms with Gasteiger partial charge in [-0.15, -0.1) is 0 Å². The standard InChI is InChI=1S/C15H13FO4/c1-8-12-11(19-15(18)13(12)20-14(8)17)7-4-9-2-5-10(16)6-3-9/h2-3,5-6,11-13H,1,4,7H2/t11-,12-,13-/m0/s1. The Labute approximate surface area is 115 Å². The van der Waals surface area contributed by atoms with Crippen LogP contribution < -0.4 is 0 Å². The molecule has 1 aromatic carbocycles. The van der Waals surface area contributed by atoms with Crippen LogP contribution in [0.4, 0.5) is 4.39 Å². The van der Waals surface area contributed by atoms with Crippen molar-refractivity contribution in [2.75, 3.05) is 0 Å². The summed E-state index contributed by atoms with van der Waals surface area (Å²) >= 11 is 0. The molecule has 0 N–H and O–H groups in total. The van der Waals surface area contributed by atoms with Crippen molar-refractivity contribution in [1.82, 2.24) is 0 Å². The van der Waals surface area contributed by atoms with Gasteiger partial charge >= 0.3 is 11.9 Å². The molecule has 2 fully saturated rings. The Morgan fingerprint density at radius 3 is 2.55 bits per heavy atom. The predicted octanol–water partition coefficient (Wildman–Crippen LogP) is 1.78. The van der Waals surface area contributed by atoms with Gasteiger partial charge in [-0.2, -0.15) is 0 Å². The lowest BCUT2D eigenvalue weighted by Gasteiger charge is -2.14. The highest BCUT2D eigenvalue weighted by molar-refractivity contribution is 5.97. The molecule has 0 aliphatic carbocycles. The first-order chi connectivity index (χ1) is 9.56. The summed E-state index contributed by atoms with van der Waals surface area (Å²) in [6.45, 7) is 3.67. The smallest absolute Gasteiger partial charge is 0.348 e. The third kappa shape index (κ3) is 2.09. The Kier molecular flexibility index (Phi) is 3.04. The maximum atomic E-state index is 12.8. The number of hydrogen-bond donors (Lipinski definition) is 0. The summed E-state index contributed by atoms with van der Waals surface area (Å²) in [5, 5.41) is 0. The number of hydrogen-bond acceptors (Lipinski definition) is 4. The van der Waals surface area contributed by atoms with Crippen molar-refractivity contribution in [3.05, 3.63) is 47.8 Å². The third-order valence-electron chi connectivity index (χ3n) is 3.76. The largest absolute Gasteiger partial charge is 0.459 e. The molecule has 20 heavy (non-hydrogen) atoms. The van der Waals surface area contributed by atoms with Gasteiger partial charge in [0.25, 0.3) is 0 Å². The monoisotopic (exact) mass is 276 g/mol. The van der Waals surface area contributed by atoms with Crippen LogP contribution in [-0.4, -0.2) is 24.1 Å². The summed E-state index contributed by atoms with van der Waals surface area (Å²) in [4.78, 5) is 23.0. The molecule has 104 valence electrons. The molecule has 1 aromatic rings. The summed E-state index contributed by atoms with van der Waals surface area (Å²) in [6.07, 6.45) is -0.0679. The van der Waals surface area contributed by atoms with E-state index in [1.165, 1.54) is 12.1 Å². The summed E-state index contributed by atoms with van der Waals surface area (Å²) < 4.78 is 23.0. The first kappa shape index (κ1) is 12.8. The first-order valence-electron chi connectivity index (χ1n) is 6.41. The van der Waals surface area contributed by atoms with Crippen molar-refractivity contribution in [1.29, 1.82) is 0 Å². The molecule has 0 radical (unpaired) electrons. The summed E-state index contributed by atoms with van der Waals surface area (Å²) in [7, 11) is 0. The molecule has 0 bridgehead atoms. The average Bonchev–Trinajstić information content (AvgIpc) is 2.89. The number of halogens is 1. The Balaban J connectivity index is 1.69. The highest BCUT2D eigenvalue weighted by Gasteiger charge is 2.54. The highest BCUT2D eigenvalue weighted by Crippen LogP contribution is 2.38. The second kappa shape index (κ2) is 4.74. The normalized spacial score (nSPS) is 28.2. The quantitative estimate of drug-likeness (QED) is 0.624. The van der Waals surface area contributed by atoms with E-state index < -0.39 is 30.1 Å². The van der Waals surface area contributed by atoms with Crippen LogP contribution >= 0.6 is 0 Å². The fourth-order valence-corrected chi connectivity index (χ4v) is 2.69. The maximum Gasteiger partial charge on any atom is 0.348 e. The lowest BCUT2D eigenvalue weighted by Crippen LogP contribution is -2.22. The molecule has 0 amide bonds. The second-order valence-corrected chi connectivity index (χ2v) is 5.02. The highest BCUT2D eigenvalue weighted by atomic mass is 19.1. The van der Waals surface area contributed by atoms with Gasteiger partial charge in [0, 0.05) is 5.57 Å². The molecule has 3 atom stereocenters. The molecule has 0 aromatic heterocycles. The van der Waals surface area contributed by atoms with E-state index >= 15 is 0 Å². The van der Waals surface area contributed by atoms with Crippen molar-refractivity contribution < 1.29 is 23.5 Å². The van der Waals surface area contributed by atoms with Crippen molar-refractivity contribution in [2.24, 2.45) is 5.92 Å². The van der Waals surface area contributed by atoms with Gasteiger partial charge in [-0.25, -0.2) is 14.0 Å². The van der Waals surface area contributed by atoms with Crippen molar-refractivity contribution in [3.8, 4) is 0 Å². The number of esters is 2. The number of cyclic esters (lactones) is 1. The van der Waals surface area contributed by atoms with Crippen LogP contribution in [0.15, 0.2) is 36.4 Å². The number of benzene rings is 1. The minimum atomic E-state index is -0.840. The van der Waals surface area contributed by atoms with E-state index in [0.29, 0.717) is 18.4 Å². The molecule has 0 unspecified atom stereocenters. The Morgan fingerprint density at radius 2 is 1.85 bits per heavy atom. The molecule has 2 aliphatic heterocycles. The van der Waals surface area contributed by atoms with Gasteiger partial charge in [-0.3, -0.25) is 0 Å². The van der Waals surface area contributed by atoms with Gasteiger partial charge in [0.2, 0.25) is 6.10 Å². The molecule has 0 spiro atoms. The average molecular weight is 276 g/mol. The van der Waals surface area contributed by atoms with Crippen LogP contribution in [-0.2, 0) is 25.5 Å². The molecular weight excluding hydrogens is 263 g/mol. The van der Waals surface area contributed by atoms with Gasteiger partial charge in [0.15, 0.2) is 0 Å². The van der Waals surface area contributed by atoms with E-state index in [1.807, 2.05) is 0 Å². The van der Waals surface area contributed by atoms with Crippen LogP contribution in [0.2, 0.25) is 0 Å². The number of fused-ring (bicyclic) bond motifs is 1. The fourth-order valence-electron chi connectivity index (χ4n) is 2.69. The Morgan fingerprint density at radius 1 is 1.15 bits per heavy atom. The van der Waals surface area contributed by atoms with Gasteiger partial charge in [0.05, 0.1) is 5.92 Å². The molecule has 2 saturated heterocycles. The summed E-state index contributed by atoms with van der Waals surface area (Å²) in [6, 6.07) is 6.16. The molecule has 0 saturated carbocycles. The van der Waals surface area contributed by atoms with E-state index in [-0.39, 0.29) is 5.82 Å². The molecule has 5 heteroatoms. The molecule has 2 heterocycles. The first-order valence-corrected chi connectivity index (χ1v) is 6.41. The van der Waals surface area contributed by atoms with Crippen LogP contribution in [0.5, 0.6) is 0 Å². The zero-order valence-electron chi connectivity index (χ0n) is 10.7. The van der Waals surface area contributed by atoms with Crippen molar-refractivity contribution >= 4 is 11.9 Å². The molecule has 2 aliphatic rings. The lowest BCUT2D eigenvalue weighted by atomic mass is 9.90. The van der Waals surface area contributed by atoms with Gasteiger partial charge < -0.3 is 9.47 Å². The van der Waals surface area contributed by atoms with Crippen molar-refractivity contribution in [3.63, 3.8) is 0 Å². The van der Waals surface area contributed by atoms with E-state index in [2.05, 4.69) is 6.58 Å². The SMILES string of the molecule is C=C1C(=O)O[C@@H]2C(=O)O[C@@H](CCc3ccc(F)cc3)[C@H]12. The zero-order chi connectivity index (χ0) is 14.3. The van der Waals surface area contributed by atoms with Gasteiger partial charge in [-0.1, -0.05) is 18.7 Å². The summed E-state index contributed by atoms with van der Waals surface area (Å²) in [5.41, 5.74) is 1.24. The van der Waals surface area contributed by atoms with Crippen LogP contribution in [0.1, 0.15) is 12.0 Å². The molecule has 3 rings (SSSR count). The van der Waals surface area contributed by atoms with Crippen molar-refractivity contribution in [2.45, 2.75) is 25.0 Å². The van der Waals surface area contributed by atoms with E-state index in [1.54, 1.807) is 12.1 Å². The number of aryl methyl sites for hydroxylation is 1. The fraction of sp³-hybridized carbons (Fsp3) is 0.333. The number of carbonyl (C=O) groups excluding carboxylic acids is 2. The number of ether oxygens (including phenoxy) is 2. The van der Waals surface area contributed by atoms with Gasteiger partial charge in [-0.05, 0) is 30.5 Å². The summed E-state index contributed by atoms with van der Waals surface area (Å²) in [5.74, 6) is -1.71. The minimum Gasteiger partial charge on any atom is -0.459 e. The maximum absolute atomic E-state index is 12.8. The number of rotatable bonds is 3. The number of carbonyl (C=O) groups is 2. The van der Waals surface area contributed by atoms with E-state index in [4.69, 9.17) is 9.47 Å². The minimum absolute atomic E-state index is 0.288. The molecular formula is C15H13FO4. The Bertz CT molecular complexity index is 578. The predicted molar refractivity (Wildman–Crippen MR) is 67.1 cm³/mol. The zero-order valence-corrected chi connectivity index (χ0v) is 10.7. The Hall–Kier alpha value is -2.17. The van der Waals surface area contributed by atoms with Crippen LogP contribution in [0.25, 0.3) is 0 Å². The second-order valence-electron chi connectivity index (χ2n) is 5.02. The van der Waals surface area contributed by atoms with Crippen LogP contribution in [0.3, 0.4) is 0 Å². The van der Waals surface area contributed by atoms with E-state index in [9.17, 15) is 14.0 Å². The van der Waals surface area contributed by atoms with Crippen LogP contribution in [0, 0.1) is 11.7 Å². The topological polar surface area (TPSA) is 52.6 Å². The lowest BCUT2D eigenvalue weighted by molar-refractivity contribution is -0.156. The van der Waals surface area contributed by atoms with Gasteiger partial charge in [0.1, 0.15) is 11.9 Å². The molecule has 4 nitrogen and oxygen atoms in total. The third-order valence-corrected chi connectivity index (χ3v) is 3.76.